The number of fused-ring (bicyclic) bond motifs is 2. The molecule has 1 amide bonds. The molecule has 2 aliphatic heterocycles. The SMILES string of the molecule is CCNC(=NCCCNC(=O)c1cccc(Br)c1)NC1CC2CCC1O2.I. The number of hydrogen-bond donors (Lipinski definition) is 3. The third-order valence-electron chi connectivity index (χ3n) is 4.75. The Kier molecular flexibility index (Phi) is 9.31. The molecule has 3 atom stereocenters. The van der Waals surface area contributed by atoms with Crippen molar-refractivity contribution < 1.29 is 9.53 Å². The van der Waals surface area contributed by atoms with Crippen LogP contribution in [0.25, 0.3) is 0 Å². The molecule has 1 aromatic carbocycles. The molecule has 8 heteroatoms. The first-order valence-electron chi connectivity index (χ1n) is 9.39. The minimum atomic E-state index is -0.0561. The zero-order chi connectivity index (χ0) is 18.4. The van der Waals surface area contributed by atoms with E-state index in [1.165, 1.54) is 6.42 Å². The Morgan fingerprint density at radius 2 is 2.19 bits per heavy atom. The molecular formula is C19H28BrIN4O2. The molecule has 0 aliphatic carbocycles. The molecule has 0 spiro atoms. The Balaban J connectivity index is 0.00000261. The topological polar surface area (TPSA) is 74.8 Å². The van der Waals surface area contributed by atoms with Gasteiger partial charge in [-0.15, -0.1) is 24.0 Å². The van der Waals surface area contributed by atoms with Gasteiger partial charge in [-0.2, -0.15) is 0 Å². The van der Waals surface area contributed by atoms with E-state index in [2.05, 4.69) is 43.8 Å². The van der Waals surface area contributed by atoms with Crippen molar-refractivity contribution >= 4 is 51.8 Å². The van der Waals surface area contributed by atoms with Gasteiger partial charge >= 0.3 is 0 Å². The van der Waals surface area contributed by atoms with Crippen LogP contribution in [0.5, 0.6) is 0 Å². The Labute approximate surface area is 186 Å². The van der Waals surface area contributed by atoms with Crippen molar-refractivity contribution in [2.24, 2.45) is 4.99 Å². The lowest BCUT2D eigenvalue weighted by Gasteiger charge is -2.22. The van der Waals surface area contributed by atoms with Gasteiger partial charge in [0.25, 0.3) is 5.91 Å². The minimum absolute atomic E-state index is 0. The van der Waals surface area contributed by atoms with Crippen LogP contribution in [0, 0.1) is 0 Å². The zero-order valence-corrected chi connectivity index (χ0v) is 19.5. The first kappa shape index (κ1) is 22.4. The highest BCUT2D eigenvalue weighted by Crippen LogP contribution is 2.34. The molecule has 2 fully saturated rings. The van der Waals surface area contributed by atoms with Crippen molar-refractivity contribution in [3.63, 3.8) is 0 Å². The number of aliphatic imine (C=N–C) groups is 1. The minimum Gasteiger partial charge on any atom is -0.373 e. The molecule has 3 unspecified atom stereocenters. The molecule has 0 radical (unpaired) electrons. The molecule has 0 saturated carbocycles. The molecule has 1 aromatic rings. The maximum Gasteiger partial charge on any atom is 0.251 e. The Hall–Kier alpha value is -0.870. The van der Waals surface area contributed by atoms with Gasteiger partial charge in [0.05, 0.1) is 18.2 Å². The Morgan fingerprint density at radius 1 is 1.33 bits per heavy atom. The van der Waals surface area contributed by atoms with Crippen molar-refractivity contribution in [3.8, 4) is 0 Å². The number of carbonyl (C=O) groups is 1. The van der Waals surface area contributed by atoms with Crippen LogP contribution in [0.2, 0.25) is 0 Å². The van der Waals surface area contributed by atoms with Crippen LogP contribution in [0.4, 0.5) is 0 Å². The maximum absolute atomic E-state index is 12.1. The Morgan fingerprint density at radius 3 is 2.85 bits per heavy atom. The zero-order valence-electron chi connectivity index (χ0n) is 15.5. The van der Waals surface area contributed by atoms with Crippen LogP contribution in [0.15, 0.2) is 33.7 Å². The lowest BCUT2D eigenvalue weighted by Crippen LogP contribution is -2.47. The predicted octanol–water partition coefficient (Wildman–Crippen LogP) is 3.06. The molecule has 27 heavy (non-hydrogen) atoms. The van der Waals surface area contributed by atoms with Crippen LogP contribution < -0.4 is 16.0 Å². The standard InChI is InChI=1S/C19H27BrN4O2.HI/c1-2-21-19(24-16-12-15-7-8-17(16)26-15)23-10-4-9-22-18(25)13-5-3-6-14(20)11-13;/h3,5-6,11,15-17H,2,4,7-10,12H2,1H3,(H,22,25)(H2,21,23,24);1H. The predicted molar refractivity (Wildman–Crippen MR) is 122 cm³/mol. The second kappa shape index (κ2) is 11.2. The third-order valence-corrected chi connectivity index (χ3v) is 5.24. The number of ether oxygens (including phenoxy) is 1. The van der Waals surface area contributed by atoms with Gasteiger partial charge in [-0.25, -0.2) is 0 Å². The third kappa shape index (κ3) is 6.60. The number of halogens is 2. The average Bonchev–Trinajstić information content (AvgIpc) is 3.24. The molecular weight excluding hydrogens is 523 g/mol. The van der Waals surface area contributed by atoms with E-state index in [1.807, 2.05) is 24.3 Å². The number of benzene rings is 1. The Bertz CT molecular complexity index is 658. The van der Waals surface area contributed by atoms with Gasteiger partial charge in [0, 0.05) is 29.7 Å². The molecule has 0 aromatic heterocycles. The van der Waals surface area contributed by atoms with Crippen LogP contribution in [-0.4, -0.2) is 49.8 Å². The van der Waals surface area contributed by atoms with E-state index in [4.69, 9.17) is 4.74 Å². The number of amides is 1. The monoisotopic (exact) mass is 550 g/mol. The molecule has 3 rings (SSSR count). The largest absolute Gasteiger partial charge is 0.373 e. The molecule has 2 aliphatic rings. The lowest BCUT2D eigenvalue weighted by atomic mass is 9.96. The first-order valence-corrected chi connectivity index (χ1v) is 10.2. The van der Waals surface area contributed by atoms with E-state index in [0.29, 0.717) is 36.9 Å². The second-order valence-corrected chi connectivity index (χ2v) is 7.66. The summed E-state index contributed by atoms with van der Waals surface area (Å²) >= 11 is 3.38. The van der Waals surface area contributed by atoms with E-state index >= 15 is 0 Å². The average molecular weight is 551 g/mol. The van der Waals surface area contributed by atoms with Crippen molar-refractivity contribution in [2.75, 3.05) is 19.6 Å². The second-order valence-electron chi connectivity index (χ2n) is 6.74. The first-order chi connectivity index (χ1) is 12.7. The number of nitrogens with one attached hydrogen (secondary N) is 3. The summed E-state index contributed by atoms with van der Waals surface area (Å²) in [6, 6.07) is 7.75. The van der Waals surface area contributed by atoms with Crippen LogP contribution in [0.3, 0.4) is 0 Å². The maximum atomic E-state index is 12.1. The van der Waals surface area contributed by atoms with E-state index in [0.717, 1.165) is 36.2 Å². The van der Waals surface area contributed by atoms with Gasteiger partial charge in [0.15, 0.2) is 5.96 Å². The lowest BCUT2D eigenvalue weighted by molar-refractivity contribution is 0.0953. The molecule has 2 saturated heterocycles. The highest BCUT2D eigenvalue weighted by Gasteiger charge is 2.41. The summed E-state index contributed by atoms with van der Waals surface area (Å²) in [5, 5.41) is 9.73. The normalized spacial score (nSPS) is 23.6. The fourth-order valence-electron chi connectivity index (χ4n) is 3.49. The number of nitrogens with zero attached hydrogens (tertiary/aromatic N) is 1. The molecule has 2 heterocycles. The molecule has 6 nitrogen and oxygen atoms in total. The van der Waals surface area contributed by atoms with E-state index in [-0.39, 0.29) is 29.9 Å². The quantitative estimate of drug-likeness (QED) is 0.211. The number of hydrogen-bond acceptors (Lipinski definition) is 3. The smallest absolute Gasteiger partial charge is 0.251 e. The van der Waals surface area contributed by atoms with Crippen molar-refractivity contribution in [1.82, 2.24) is 16.0 Å². The van der Waals surface area contributed by atoms with Gasteiger partial charge in [-0.1, -0.05) is 22.0 Å². The molecule has 150 valence electrons. The summed E-state index contributed by atoms with van der Waals surface area (Å²) in [5.74, 6) is 0.784. The molecule has 3 N–H and O–H groups in total. The van der Waals surface area contributed by atoms with Crippen molar-refractivity contribution in [2.45, 2.75) is 50.9 Å². The van der Waals surface area contributed by atoms with E-state index in [9.17, 15) is 4.79 Å². The summed E-state index contributed by atoms with van der Waals surface area (Å²) in [6.07, 6.45) is 4.95. The highest BCUT2D eigenvalue weighted by molar-refractivity contribution is 14.0. The summed E-state index contributed by atoms with van der Waals surface area (Å²) in [4.78, 5) is 16.7. The fraction of sp³-hybridized carbons (Fsp3) is 0.579. The fourth-order valence-corrected chi connectivity index (χ4v) is 3.89. The summed E-state index contributed by atoms with van der Waals surface area (Å²) in [5.41, 5.74) is 0.661. The van der Waals surface area contributed by atoms with Crippen LogP contribution >= 0.6 is 39.9 Å². The van der Waals surface area contributed by atoms with E-state index in [1.54, 1.807) is 0 Å². The summed E-state index contributed by atoms with van der Waals surface area (Å²) in [6.45, 7) is 4.15. The highest BCUT2D eigenvalue weighted by atomic mass is 127. The van der Waals surface area contributed by atoms with Gasteiger partial charge in [0.1, 0.15) is 0 Å². The van der Waals surface area contributed by atoms with Gasteiger partial charge in [-0.3, -0.25) is 9.79 Å². The summed E-state index contributed by atoms with van der Waals surface area (Å²) in [7, 11) is 0. The van der Waals surface area contributed by atoms with Gasteiger partial charge in [0.2, 0.25) is 0 Å². The van der Waals surface area contributed by atoms with Crippen LogP contribution in [-0.2, 0) is 4.74 Å². The van der Waals surface area contributed by atoms with Crippen LogP contribution in [0.1, 0.15) is 43.0 Å². The summed E-state index contributed by atoms with van der Waals surface area (Å²) < 4.78 is 6.79. The molecule has 2 bridgehead atoms. The van der Waals surface area contributed by atoms with Crippen molar-refractivity contribution in [1.29, 1.82) is 0 Å². The van der Waals surface area contributed by atoms with Gasteiger partial charge < -0.3 is 20.7 Å². The van der Waals surface area contributed by atoms with E-state index < -0.39 is 0 Å². The van der Waals surface area contributed by atoms with Crippen molar-refractivity contribution in [3.05, 3.63) is 34.3 Å². The number of rotatable bonds is 7. The number of guanidine groups is 1. The van der Waals surface area contributed by atoms with Gasteiger partial charge in [-0.05, 0) is 50.8 Å². The number of carbonyl (C=O) groups excluding carboxylic acids is 1.